The minimum atomic E-state index is -0.661. The predicted molar refractivity (Wildman–Crippen MR) is 81.8 cm³/mol. The molecule has 0 aliphatic heterocycles. The Morgan fingerprint density at radius 1 is 1.19 bits per heavy atom. The molecule has 1 aromatic rings. The van der Waals surface area contributed by atoms with E-state index in [9.17, 15) is 9.59 Å². The van der Waals surface area contributed by atoms with E-state index < -0.39 is 6.04 Å². The number of benzene rings is 1. The van der Waals surface area contributed by atoms with Crippen molar-refractivity contribution in [3.63, 3.8) is 0 Å². The van der Waals surface area contributed by atoms with Crippen LogP contribution in [0.1, 0.15) is 50.5 Å². The molecule has 0 saturated heterocycles. The van der Waals surface area contributed by atoms with Gasteiger partial charge in [0.25, 0.3) is 11.8 Å². The van der Waals surface area contributed by atoms with Gasteiger partial charge in [0, 0.05) is 5.56 Å². The second kappa shape index (κ2) is 7.22. The average molecular weight is 292 g/mol. The van der Waals surface area contributed by atoms with Crippen molar-refractivity contribution in [2.75, 3.05) is 6.61 Å². The van der Waals surface area contributed by atoms with Crippen LogP contribution in [0.3, 0.4) is 0 Å². The summed E-state index contributed by atoms with van der Waals surface area (Å²) in [5.74, 6) is -0.661. The minimum Gasteiger partial charge on any atom is -0.340 e. The van der Waals surface area contributed by atoms with Gasteiger partial charge in [-0.3, -0.25) is 14.4 Å². The summed E-state index contributed by atoms with van der Waals surface area (Å²) >= 11 is 0. The zero-order valence-corrected chi connectivity index (χ0v) is 13.3. The van der Waals surface area contributed by atoms with E-state index in [1.54, 1.807) is 26.0 Å². The molecule has 0 spiro atoms. The molecule has 1 atom stereocenters. The molecule has 1 rings (SSSR count). The summed E-state index contributed by atoms with van der Waals surface area (Å²) in [5.41, 5.74) is 3.99. The number of carbonyl (C=O) groups is 2. The first-order chi connectivity index (χ1) is 9.75. The van der Waals surface area contributed by atoms with E-state index in [4.69, 9.17) is 4.84 Å². The summed E-state index contributed by atoms with van der Waals surface area (Å²) < 4.78 is 0. The molecular weight excluding hydrogens is 268 g/mol. The Hall–Kier alpha value is -1.88. The second-order valence-corrected chi connectivity index (χ2v) is 5.92. The fourth-order valence-corrected chi connectivity index (χ4v) is 1.70. The van der Waals surface area contributed by atoms with Crippen LogP contribution >= 0.6 is 0 Å². The van der Waals surface area contributed by atoms with Crippen LogP contribution in [-0.2, 0) is 15.0 Å². The maximum atomic E-state index is 12.1. The van der Waals surface area contributed by atoms with Crippen LogP contribution in [-0.4, -0.2) is 24.5 Å². The van der Waals surface area contributed by atoms with Gasteiger partial charge in [0.05, 0.1) is 6.61 Å². The van der Waals surface area contributed by atoms with Crippen LogP contribution in [0.15, 0.2) is 24.3 Å². The maximum Gasteiger partial charge on any atom is 0.265 e. The van der Waals surface area contributed by atoms with Crippen LogP contribution in [0.25, 0.3) is 0 Å². The van der Waals surface area contributed by atoms with Crippen LogP contribution in [0, 0.1) is 0 Å². The molecule has 1 aromatic carbocycles. The highest BCUT2D eigenvalue weighted by Gasteiger charge is 2.18. The van der Waals surface area contributed by atoms with Crippen molar-refractivity contribution in [2.24, 2.45) is 0 Å². The van der Waals surface area contributed by atoms with Gasteiger partial charge in [-0.25, -0.2) is 5.48 Å². The molecule has 2 N–H and O–H groups in total. The summed E-state index contributed by atoms with van der Waals surface area (Å²) in [7, 11) is 0. The van der Waals surface area contributed by atoms with E-state index in [1.165, 1.54) is 0 Å². The van der Waals surface area contributed by atoms with Crippen LogP contribution in [0.5, 0.6) is 0 Å². The zero-order valence-electron chi connectivity index (χ0n) is 13.3. The molecule has 0 fully saturated rings. The number of amides is 2. The summed E-state index contributed by atoms with van der Waals surface area (Å²) in [6, 6.07) is 6.73. The first-order valence-electron chi connectivity index (χ1n) is 7.08. The average Bonchev–Trinajstić information content (AvgIpc) is 2.43. The summed E-state index contributed by atoms with van der Waals surface area (Å²) in [6.45, 7) is 10.1. The Balaban J connectivity index is 2.65. The number of carbonyl (C=O) groups excluding carboxylic acids is 2. The Kier molecular flexibility index (Phi) is 5.90. The maximum absolute atomic E-state index is 12.1. The molecule has 1 unspecified atom stereocenters. The van der Waals surface area contributed by atoms with Crippen molar-refractivity contribution in [1.29, 1.82) is 0 Å². The minimum absolute atomic E-state index is 0.0413. The normalized spacial score (nSPS) is 12.6. The van der Waals surface area contributed by atoms with Gasteiger partial charge in [0.2, 0.25) is 0 Å². The smallest absolute Gasteiger partial charge is 0.265 e. The first kappa shape index (κ1) is 17.2. The zero-order chi connectivity index (χ0) is 16.0. The predicted octanol–water partition coefficient (Wildman–Crippen LogP) is 2.17. The third kappa shape index (κ3) is 5.19. The lowest BCUT2D eigenvalue weighted by Gasteiger charge is -2.19. The van der Waals surface area contributed by atoms with E-state index in [-0.39, 0.29) is 17.2 Å². The van der Waals surface area contributed by atoms with Gasteiger partial charge in [0.15, 0.2) is 0 Å². The number of hydrogen-bond donors (Lipinski definition) is 2. The van der Waals surface area contributed by atoms with Crippen LogP contribution in [0.2, 0.25) is 0 Å². The van der Waals surface area contributed by atoms with Crippen LogP contribution < -0.4 is 10.8 Å². The molecule has 0 radical (unpaired) electrons. The molecule has 0 saturated carbocycles. The quantitative estimate of drug-likeness (QED) is 0.817. The van der Waals surface area contributed by atoms with Gasteiger partial charge in [-0.05, 0) is 37.0 Å². The summed E-state index contributed by atoms with van der Waals surface area (Å²) in [5, 5.41) is 2.63. The third-order valence-electron chi connectivity index (χ3n) is 3.07. The number of nitrogens with one attached hydrogen (secondary N) is 2. The molecule has 2 amide bonds. The second-order valence-electron chi connectivity index (χ2n) is 5.92. The lowest BCUT2D eigenvalue weighted by Crippen LogP contribution is -2.44. The molecule has 0 aromatic heterocycles. The lowest BCUT2D eigenvalue weighted by atomic mass is 9.86. The monoisotopic (exact) mass is 292 g/mol. The largest absolute Gasteiger partial charge is 0.340 e. The van der Waals surface area contributed by atoms with Crippen molar-refractivity contribution >= 4 is 11.8 Å². The van der Waals surface area contributed by atoms with E-state index in [1.807, 2.05) is 12.1 Å². The molecule has 0 aliphatic rings. The molecule has 0 bridgehead atoms. The van der Waals surface area contributed by atoms with Crippen molar-refractivity contribution in [1.82, 2.24) is 10.8 Å². The van der Waals surface area contributed by atoms with Crippen molar-refractivity contribution in [3.05, 3.63) is 35.4 Å². The molecule has 5 heteroatoms. The van der Waals surface area contributed by atoms with E-state index in [0.29, 0.717) is 12.2 Å². The van der Waals surface area contributed by atoms with Crippen molar-refractivity contribution in [2.45, 2.75) is 46.1 Å². The van der Waals surface area contributed by atoms with E-state index >= 15 is 0 Å². The standard InChI is InChI=1S/C16H24N2O3/c1-6-21-18-14(19)11(2)17-15(20)12-7-9-13(10-8-12)16(3,4)5/h7-11H,6H2,1-5H3,(H,17,20)(H,18,19). The van der Waals surface area contributed by atoms with E-state index in [0.717, 1.165) is 5.56 Å². The van der Waals surface area contributed by atoms with Gasteiger partial charge < -0.3 is 5.32 Å². The molecule has 116 valence electrons. The third-order valence-corrected chi connectivity index (χ3v) is 3.07. The van der Waals surface area contributed by atoms with Crippen LogP contribution in [0.4, 0.5) is 0 Å². The van der Waals surface area contributed by atoms with E-state index in [2.05, 4.69) is 31.6 Å². The highest BCUT2D eigenvalue weighted by Crippen LogP contribution is 2.22. The fraction of sp³-hybridized carbons (Fsp3) is 0.500. The van der Waals surface area contributed by atoms with Gasteiger partial charge in [0.1, 0.15) is 6.04 Å². The lowest BCUT2D eigenvalue weighted by molar-refractivity contribution is -0.134. The molecule has 0 heterocycles. The highest BCUT2D eigenvalue weighted by atomic mass is 16.6. The Morgan fingerprint density at radius 3 is 2.24 bits per heavy atom. The van der Waals surface area contributed by atoms with Gasteiger partial charge in [-0.15, -0.1) is 0 Å². The molecular formula is C16H24N2O3. The molecule has 5 nitrogen and oxygen atoms in total. The van der Waals surface area contributed by atoms with Gasteiger partial charge in [-0.2, -0.15) is 0 Å². The fourth-order valence-electron chi connectivity index (χ4n) is 1.70. The summed E-state index contributed by atoms with van der Waals surface area (Å²) in [6.07, 6.45) is 0. The first-order valence-corrected chi connectivity index (χ1v) is 7.08. The topological polar surface area (TPSA) is 67.4 Å². The molecule has 21 heavy (non-hydrogen) atoms. The Bertz CT molecular complexity index is 489. The number of rotatable bonds is 5. The summed E-state index contributed by atoms with van der Waals surface area (Å²) in [4.78, 5) is 28.5. The molecule has 0 aliphatic carbocycles. The van der Waals surface area contributed by atoms with Crippen molar-refractivity contribution < 1.29 is 14.4 Å². The van der Waals surface area contributed by atoms with Gasteiger partial charge >= 0.3 is 0 Å². The Labute approximate surface area is 126 Å². The van der Waals surface area contributed by atoms with Crippen molar-refractivity contribution in [3.8, 4) is 0 Å². The number of hydroxylamine groups is 1. The SMILES string of the molecule is CCONC(=O)C(C)NC(=O)c1ccc(C(C)(C)C)cc1. The Morgan fingerprint density at radius 2 is 1.76 bits per heavy atom. The number of hydrogen-bond acceptors (Lipinski definition) is 3. The highest BCUT2D eigenvalue weighted by molar-refractivity contribution is 5.97. The van der Waals surface area contributed by atoms with Gasteiger partial charge in [-0.1, -0.05) is 32.9 Å².